The lowest BCUT2D eigenvalue weighted by Crippen LogP contribution is -2.35. The summed E-state index contributed by atoms with van der Waals surface area (Å²) < 4.78 is 11.3. The molecule has 0 unspecified atom stereocenters. The average Bonchev–Trinajstić information content (AvgIpc) is 3.37. The standard InChI is InChI=1S/C21H31N5O2.ClH/c1-2-3-4-5-6-7-15-27-17-12-10-16(11-13-17)19-24-20(28-25-19)18-9-8-14-26(18)21(22)23;/h10-13,18H,2-9,14-15H2,1H3,(H3,22,23);1H/t18-;/m0./s1. The molecule has 3 rings (SSSR count). The molecule has 29 heavy (non-hydrogen) atoms. The molecule has 1 aromatic carbocycles. The molecule has 1 aliphatic heterocycles. The van der Waals surface area contributed by atoms with Gasteiger partial charge in [-0.25, -0.2) is 0 Å². The molecular formula is C21H32ClN5O2. The molecular weight excluding hydrogens is 390 g/mol. The molecule has 3 N–H and O–H groups in total. The van der Waals surface area contributed by atoms with Gasteiger partial charge in [-0.05, 0) is 43.5 Å². The second-order valence-corrected chi connectivity index (χ2v) is 7.33. The maximum atomic E-state index is 7.68. The number of unbranched alkanes of at least 4 members (excludes halogenated alkanes) is 5. The van der Waals surface area contributed by atoms with Crippen molar-refractivity contribution in [3.05, 3.63) is 30.2 Å². The number of nitrogens with zero attached hydrogens (tertiary/aromatic N) is 3. The van der Waals surface area contributed by atoms with E-state index in [-0.39, 0.29) is 24.4 Å². The summed E-state index contributed by atoms with van der Waals surface area (Å²) in [6, 6.07) is 7.68. The molecule has 0 aliphatic carbocycles. The van der Waals surface area contributed by atoms with Gasteiger partial charge in [0.25, 0.3) is 0 Å². The van der Waals surface area contributed by atoms with Crippen LogP contribution in [0.25, 0.3) is 11.4 Å². The molecule has 7 nitrogen and oxygen atoms in total. The molecule has 2 heterocycles. The van der Waals surface area contributed by atoms with E-state index in [1.165, 1.54) is 32.1 Å². The molecule has 0 radical (unpaired) electrons. The minimum absolute atomic E-state index is 0. The zero-order valence-corrected chi connectivity index (χ0v) is 17.9. The Morgan fingerprint density at radius 3 is 2.66 bits per heavy atom. The Bertz CT molecular complexity index is 750. The van der Waals surface area contributed by atoms with Gasteiger partial charge in [-0.2, -0.15) is 4.98 Å². The first-order chi connectivity index (χ1) is 13.7. The van der Waals surface area contributed by atoms with Gasteiger partial charge in [-0.1, -0.05) is 44.2 Å². The number of hydrogen-bond donors (Lipinski definition) is 2. The van der Waals surface area contributed by atoms with Crippen molar-refractivity contribution in [2.24, 2.45) is 5.73 Å². The number of nitrogens with two attached hydrogens (primary N) is 1. The van der Waals surface area contributed by atoms with Crippen molar-refractivity contribution in [1.82, 2.24) is 15.0 Å². The molecule has 1 fully saturated rings. The number of halogens is 1. The fourth-order valence-corrected chi connectivity index (χ4v) is 3.57. The highest BCUT2D eigenvalue weighted by molar-refractivity contribution is 5.85. The second-order valence-electron chi connectivity index (χ2n) is 7.33. The topological polar surface area (TPSA) is 101 Å². The summed E-state index contributed by atoms with van der Waals surface area (Å²) in [6.45, 7) is 3.74. The lowest BCUT2D eigenvalue weighted by atomic mass is 10.1. The van der Waals surface area contributed by atoms with Crippen LogP contribution in [0, 0.1) is 5.41 Å². The number of likely N-dealkylation sites (tertiary alicyclic amines) is 1. The Labute approximate surface area is 178 Å². The van der Waals surface area contributed by atoms with Gasteiger partial charge in [0.05, 0.1) is 6.61 Å². The lowest BCUT2D eigenvalue weighted by molar-refractivity contribution is 0.283. The third kappa shape index (κ3) is 6.35. The molecule has 8 heteroatoms. The molecule has 0 spiro atoms. The van der Waals surface area contributed by atoms with Crippen LogP contribution in [0.3, 0.4) is 0 Å². The SMILES string of the molecule is CCCCCCCCOc1ccc(-c2noc([C@@H]3CCCN3C(=N)N)n2)cc1.Cl. The average molecular weight is 422 g/mol. The van der Waals surface area contributed by atoms with Gasteiger partial charge in [0.15, 0.2) is 5.96 Å². The number of benzene rings is 1. The number of aromatic nitrogens is 2. The third-order valence-corrected chi connectivity index (χ3v) is 5.17. The van der Waals surface area contributed by atoms with E-state index in [9.17, 15) is 0 Å². The molecule has 0 saturated carbocycles. The quantitative estimate of drug-likeness (QED) is 0.320. The Balaban J connectivity index is 0.00000300. The predicted molar refractivity (Wildman–Crippen MR) is 116 cm³/mol. The van der Waals surface area contributed by atoms with Crippen LogP contribution in [0.15, 0.2) is 28.8 Å². The molecule has 1 saturated heterocycles. The highest BCUT2D eigenvalue weighted by atomic mass is 35.5. The summed E-state index contributed by atoms with van der Waals surface area (Å²) in [5.74, 6) is 1.98. The van der Waals surface area contributed by atoms with Crippen molar-refractivity contribution in [2.75, 3.05) is 13.2 Å². The van der Waals surface area contributed by atoms with E-state index in [1.54, 1.807) is 4.90 Å². The monoisotopic (exact) mass is 421 g/mol. The minimum Gasteiger partial charge on any atom is -0.494 e. The van der Waals surface area contributed by atoms with Crippen LogP contribution >= 0.6 is 12.4 Å². The van der Waals surface area contributed by atoms with E-state index >= 15 is 0 Å². The molecule has 0 amide bonds. The molecule has 160 valence electrons. The van der Waals surface area contributed by atoms with E-state index in [4.69, 9.17) is 20.4 Å². The first-order valence-electron chi connectivity index (χ1n) is 10.4. The molecule has 0 bridgehead atoms. The lowest BCUT2D eigenvalue weighted by Gasteiger charge is -2.21. The molecule has 2 aromatic rings. The Morgan fingerprint density at radius 1 is 1.21 bits per heavy atom. The van der Waals surface area contributed by atoms with Crippen LogP contribution in [0.1, 0.15) is 70.2 Å². The van der Waals surface area contributed by atoms with E-state index in [2.05, 4.69) is 17.1 Å². The van der Waals surface area contributed by atoms with Gasteiger partial charge in [0.1, 0.15) is 11.8 Å². The van der Waals surface area contributed by atoms with Gasteiger partial charge in [0, 0.05) is 12.1 Å². The Hall–Kier alpha value is -2.28. The summed E-state index contributed by atoms with van der Waals surface area (Å²) >= 11 is 0. The summed E-state index contributed by atoms with van der Waals surface area (Å²) in [7, 11) is 0. The fraction of sp³-hybridized carbons (Fsp3) is 0.571. The van der Waals surface area contributed by atoms with Crippen LogP contribution in [0.4, 0.5) is 0 Å². The van der Waals surface area contributed by atoms with Gasteiger partial charge < -0.3 is 19.9 Å². The van der Waals surface area contributed by atoms with Crippen molar-refractivity contribution in [1.29, 1.82) is 5.41 Å². The Kier molecular flexibility index (Phi) is 9.25. The summed E-state index contributed by atoms with van der Waals surface area (Å²) in [6.07, 6.45) is 9.37. The number of rotatable bonds is 10. The highest BCUT2D eigenvalue weighted by Crippen LogP contribution is 2.31. The maximum absolute atomic E-state index is 7.68. The minimum atomic E-state index is -0.0984. The van der Waals surface area contributed by atoms with Crippen molar-refractivity contribution >= 4 is 18.4 Å². The number of nitrogens with one attached hydrogen (secondary N) is 1. The third-order valence-electron chi connectivity index (χ3n) is 5.17. The smallest absolute Gasteiger partial charge is 0.249 e. The van der Waals surface area contributed by atoms with Gasteiger partial charge in [-0.3, -0.25) is 5.41 Å². The van der Waals surface area contributed by atoms with E-state index in [0.29, 0.717) is 11.7 Å². The van der Waals surface area contributed by atoms with Gasteiger partial charge >= 0.3 is 0 Å². The first kappa shape index (κ1) is 23.0. The molecule has 1 aromatic heterocycles. The van der Waals surface area contributed by atoms with Crippen LogP contribution < -0.4 is 10.5 Å². The van der Waals surface area contributed by atoms with Crippen LogP contribution in [-0.2, 0) is 0 Å². The zero-order chi connectivity index (χ0) is 19.8. The van der Waals surface area contributed by atoms with E-state index in [1.807, 2.05) is 24.3 Å². The zero-order valence-electron chi connectivity index (χ0n) is 17.1. The second kappa shape index (κ2) is 11.7. The first-order valence-corrected chi connectivity index (χ1v) is 10.4. The predicted octanol–water partition coefficient (Wildman–Crippen LogP) is 4.93. The maximum Gasteiger partial charge on any atom is 0.249 e. The Morgan fingerprint density at radius 2 is 1.93 bits per heavy atom. The number of ether oxygens (including phenoxy) is 1. The fourth-order valence-electron chi connectivity index (χ4n) is 3.57. The van der Waals surface area contributed by atoms with Crippen LogP contribution in [0.5, 0.6) is 5.75 Å². The van der Waals surface area contributed by atoms with Crippen molar-refractivity contribution in [3.8, 4) is 17.1 Å². The van der Waals surface area contributed by atoms with Gasteiger partial charge in [-0.15, -0.1) is 12.4 Å². The van der Waals surface area contributed by atoms with Crippen molar-refractivity contribution < 1.29 is 9.26 Å². The molecule has 1 aliphatic rings. The number of guanidine groups is 1. The highest BCUT2D eigenvalue weighted by Gasteiger charge is 2.31. The van der Waals surface area contributed by atoms with E-state index in [0.717, 1.165) is 43.7 Å². The van der Waals surface area contributed by atoms with Gasteiger partial charge in [0.2, 0.25) is 11.7 Å². The largest absolute Gasteiger partial charge is 0.494 e. The van der Waals surface area contributed by atoms with Crippen molar-refractivity contribution in [3.63, 3.8) is 0 Å². The molecule has 1 atom stereocenters. The van der Waals surface area contributed by atoms with Crippen LogP contribution in [-0.4, -0.2) is 34.2 Å². The summed E-state index contributed by atoms with van der Waals surface area (Å²) in [5, 5.41) is 11.8. The summed E-state index contributed by atoms with van der Waals surface area (Å²) in [4.78, 5) is 6.33. The van der Waals surface area contributed by atoms with Crippen molar-refractivity contribution in [2.45, 2.75) is 64.3 Å². The normalized spacial score (nSPS) is 15.9. The van der Waals surface area contributed by atoms with Crippen LogP contribution in [0.2, 0.25) is 0 Å². The summed E-state index contributed by atoms with van der Waals surface area (Å²) in [5.41, 5.74) is 6.53. The number of hydrogen-bond acceptors (Lipinski definition) is 5. The van der Waals surface area contributed by atoms with E-state index < -0.39 is 0 Å².